The van der Waals surface area contributed by atoms with Crippen molar-refractivity contribution in [2.45, 2.75) is 13.5 Å². The number of hydrogen-bond acceptors (Lipinski definition) is 2. The summed E-state index contributed by atoms with van der Waals surface area (Å²) in [5.74, 6) is 0. The number of fused-ring (bicyclic) bond motifs is 1. The lowest BCUT2D eigenvalue weighted by Gasteiger charge is -2.07. The molecular formula is C17H19N3. The second-order valence-corrected chi connectivity index (χ2v) is 5.10. The van der Waals surface area contributed by atoms with Gasteiger partial charge in [0.25, 0.3) is 0 Å². The minimum absolute atomic E-state index is 0.880. The van der Waals surface area contributed by atoms with Crippen molar-refractivity contribution in [3.8, 4) is 0 Å². The Labute approximate surface area is 119 Å². The molecule has 3 N–H and O–H groups in total. The summed E-state index contributed by atoms with van der Waals surface area (Å²) in [5, 5.41) is 7.89. The fraction of sp³-hybridized carbons (Fsp3) is 0.176. The van der Waals surface area contributed by atoms with E-state index in [4.69, 9.17) is 0 Å². The Hall–Kier alpha value is -2.26. The fourth-order valence-electron chi connectivity index (χ4n) is 2.40. The van der Waals surface area contributed by atoms with Crippen LogP contribution in [-0.4, -0.2) is 12.0 Å². The standard InChI is InChI=1S/C17H19N3/c1-12-3-5-14(6-4-12)20-15-7-8-16-13(10-18-2)11-19-17(16)9-15/h3-9,11,18-20H,10H2,1-2H3. The molecule has 0 aliphatic rings. The molecule has 3 nitrogen and oxygen atoms in total. The minimum atomic E-state index is 0.880. The molecule has 2 aromatic carbocycles. The molecule has 0 saturated carbocycles. The van der Waals surface area contributed by atoms with Gasteiger partial charge in [-0.3, -0.25) is 0 Å². The zero-order valence-corrected chi connectivity index (χ0v) is 11.8. The van der Waals surface area contributed by atoms with Crippen LogP contribution in [0.4, 0.5) is 11.4 Å². The average molecular weight is 265 g/mol. The largest absolute Gasteiger partial charge is 0.361 e. The lowest BCUT2D eigenvalue weighted by atomic mass is 10.1. The number of benzene rings is 2. The summed E-state index contributed by atoms with van der Waals surface area (Å²) in [4.78, 5) is 3.33. The van der Waals surface area contributed by atoms with Crippen LogP contribution in [0.5, 0.6) is 0 Å². The van der Waals surface area contributed by atoms with Crippen LogP contribution in [0.2, 0.25) is 0 Å². The molecule has 0 saturated heterocycles. The Bertz CT molecular complexity index is 711. The third-order valence-electron chi connectivity index (χ3n) is 3.47. The molecule has 102 valence electrons. The number of rotatable bonds is 4. The van der Waals surface area contributed by atoms with Crippen LogP contribution in [0.15, 0.2) is 48.7 Å². The molecule has 0 atom stereocenters. The zero-order chi connectivity index (χ0) is 13.9. The van der Waals surface area contributed by atoms with E-state index in [2.05, 4.69) is 71.2 Å². The predicted molar refractivity (Wildman–Crippen MR) is 85.5 cm³/mol. The second kappa shape index (κ2) is 5.39. The molecule has 0 amide bonds. The Kier molecular flexibility index (Phi) is 3.44. The van der Waals surface area contributed by atoms with E-state index in [0.717, 1.165) is 23.4 Å². The molecule has 0 aliphatic heterocycles. The van der Waals surface area contributed by atoms with Crippen molar-refractivity contribution < 1.29 is 0 Å². The van der Waals surface area contributed by atoms with Gasteiger partial charge < -0.3 is 15.6 Å². The van der Waals surface area contributed by atoms with Crippen LogP contribution in [0.1, 0.15) is 11.1 Å². The molecule has 0 bridgehead atoms. The highest BCUT2D eigenvalue weighted by Crippen LogP contribution is 2.24. The smallest absolute Gasteiger partial charge is 0.0478 e. The van der Waals surface area contributed by atoms with Crippen molar-refractivity contribution in [2.24, 2.45) is 0 Å². The van der Waals surface area contributed by atoms with Gasteiger partial charge >= 0.3 is 0 Å². The van der Waals surface area contributed by atoms with Crippen molar-refractivity contribution in [3.05, 3.63) is 59.8 Å². The molecule has 1 heterocycles. The highest BCUT2D eigenvalue weighted by molar-refractivity contribution is 5.86. The number of aromatic amines is 1. The molecular weight excluding hydrogens is 246 g/mol. The number of anilines is 2. The third kappa shape index (κ3) is 2.53. The highest BCUT2D eigenvalue weighted by atomic mass is 14.9. The number of H-pyrrole nitrogens is 1. The molecule has 0 radical (unpaired) electrons. The Morgan fingerprint density at radius 1 is 1.00 bits per heavy atom. The summed E-state index contributed by atoms with van der Waals surface area (Å²) in [6, 6.07) is 14.8. The SMILES string of the molecule is CNCc1c[nH]c2cc(Nc3ccc(C)cc3)ccc12. The summed E-state index contributed by atoms with van der Waals surface area (Å²) < 4.78 is 0. The van der Waals surface area contributed by atoms with Gasteiger partial charge in [-0.05, 0) is 43.8 Å². The van der Waals surface area contributed by atoms with Crippen molar-refractivity contribution >= 4 is 22.3 Å². The van der Waals surface area contributed by atoms with Crippen molar-refractivity contribution in [1.82, 2.24) is 10.3 Å². The van der Waals surface area contributed by atoms with Gasteiger partial charge in [-0.15, -0.1) is 0 Å². The van der Waals surface area contributed by atoms with E-state index in [0.29, 0.717) is 0 Å². The first-order valence-electron chi connectivity index (χ1n) is 6.84. The Balaban J connectivity index is 1.87. The number of hydrogen-bond donors (Lipinski definition) is 3. The van der Waals surface area contributed by atoms with Gasteiger partial charge in [0.15, 0.2) is 0 Å². The van der Waals surface area contributed by atoms with E-state index in [9.17, 15) is 0 Å². The summed E-state index contributed by atoms with van der Waals surface area (Å²) in [6.45, 7) is 2.97. The first-order chi connectivity index (χ1) is 9.76. The van der Waals surface area contributed by atoms with Gasteiger partial charge in [-0.2, -0.15) is 0 Å². The highest BCUT2D eigenvalue weighted by Gasteiger charge is 2.04. The van der Waals surface area contributed by atoms with Crippen LogP contribution >= 0.6 is 0 Å². The van der Waals surface area contributed by atoms with E-state index < -0.39 is 0 Å². The molecule has 3 rings (SSSR count). The fourth-order valence-corrected chi connectivity index (χ4v) is 2.40. The van der Waals surface area contributed by atoms with Gasteiger partial charge in [0, 0.05) is 35.0 Å². The Morgan fingerprint density at radius 2 is 1.75 bits per heavy atom. The van der Waals surface area contributed by atoms with Crippen LogP contribution in [-0.2, 0) is 6.54 Å². The maximum absolute atomic E-state index is 3.43. The van der Waals surface area contributed by atoms with E-state index in [1.54, 1.807) is 0 Å². The van der Waals surface area contributed by atoms with E-state index in [1.807, 2.05) is 7.05 Å². The second-order valence-electron chi connectivity index (χ2n) is 5.10. The monoisotopic (exact) mass is 265 g/mol. The maximum Gasteiger partial charge on any atom is 0.0478 e. The molecule has 20 heavy (non-hydrogen) atoms. The minimum Gasteiger partial charge on any atom is -0.361 e. The topological polar surface area (TPSA) is 39.9 Å². The summed E-state index contributed by atoms with van der Waals surface area (Å²) in [5.41, 5.74) is 5.93. The van der Waals surface area contributed by atoms with Crippen LogP contribution in [0.3, 0.4) is 0 Å². The molecule has 0 spiro atoms. The molecule has 0 fully saturated rings. The van der Waals surface area contributed by atoms with Crippen LogP contribution < -0.4 is 10.6 Å². The van der Waals surface area contributed by atoms with Crippen molar-refractivity contribution in [3.63, 3.8) is 0 Å². The molecule has 3 heteroatoms. The molecule has 0 aliphatic carbocycles. The lowest BCUT2D eigenvalue weighted by Crippen LogP contribution is -2.03. The van der Waals surface area contributed by atoms with Gasteiger partial charge in [0.05, 0.1) is 0 Å². The summed E-state index contributed by atoms with van der Waals surface area (Å²) in [6.07, 6.45) is 2.07. The van der Waals surface area contributed by atoms with Gasteiger partial charge in [-0.25, -0.2) is 0 Å². The van der Waals surface area contributed by atoms with E-state index in [-0.39, 0.29) is 0 Å². The van der Waals surface area contributed by atoms with Gasteiger partial charge in [0.1, 0.15) is 0 Å². The quantitative estimate of drug-likeness (QED) is 0.668. The van der Waals surface area contributed by atoms with Gasteiger partial charge in [0.2, 0.25) is 0 Å². The number of aryl methyl sites for hydroxylation is 1. The van der Waals surface area contributed by atoms with Crippen molar-refractivity contribution in [2.75, 3.05) is 12.4 Å². The maximum atomic E-state index is 3.43. The lowest BCUT2D eigenvalue weighted by molar-refractivity contribution is 0.823. The Morgan fingerprint density at radius 3 is 2.50 bits per heavy atom. The summed E-state index contributed by atoms with van der Waals surface area (Å²) >= 11 is 0. The average Bonchev–Trinajstić information content (AvgIpc) is 2.85. The first kappa shape index (κ1) is 12.8. The third-order valence-corrected chi connectivity index (χ3v) is 3.47. The van der Waals surface area contributed by atoms with Crippen LogP contribution in [0, 0.1) is 6.92 Å². The number of aromatic nitrogens is 1. The van der Waals surface area contributed by atoms with Gasteiger partial charge in [-0.1, -0.05) is 23.8 Å². The van der Waals surface area contributed by atoms with E-state index >= 15 is 0 Å². The van der Waals surface area contributed by atoms with Crippen molar-refractivity contribution in [1.29, 1.82) is 0 Å². The molecule has 1 aromatic heterocycles. The molecule has 3 aromatic rings. The van der Waals surface area contributed by atoms with Crippen LogP contribution in [0.25, 0.3) is 10.9 Å². The normalized spacial score (nSPS) is 10.9. The number of nitrogens with one attached hydrogen (secondary N) is 3. The molecule has 0 unspecified atom stereocenters. The predicted octanol–water partition coefficient (Wildman–Crippen LogP) is 3.94. The first-order valence-corrected chi connectivity index (χ1v) is 6.84. The zero-order valence-electron chi connectivity index (χ0n) is 11.8. The summed E-state index contributed by atoms with van der Waals surface area (Å²) in [7, 11) is 1.96. The van der Waals surface area contributed by atoms with E-state index in [1.165, 1.54) is 16.5 Å².